The molecule has 0 fully saturated rings. The highest BCUT2D eigenvalue weighted by atomic mass is 32.2. The van der Waals surface area contributed by atoms with Crippen molar-refractivity contribution in [2.24, 2.45) is 0 Å². The first-order chi connectivity index (χ1) is 9.69. The van der Waals surface area contributed by atoms with E-state index < -0.39 is 4.92 Å². The Labute approximate surface area is 124 Å². The molecule has 1 aromatic carbocycles. The van der Waals surface area contributed by atoms with Gasteiger partial charge in [0.2, 0.25) is 0 Å². The molecular weight excluding hydrogens is 276 g/mol. The van der Waals surface area contributed by atoms with E-state index in [1.54, 1.807) is 12.1 Å². The van der Waals surface area contributed by atoms with Crippen LogP contribution in [0.2, 0.25) is 0 Å². The second-order valence-corrected chi connectivity index (χ2v) is 5.48. The molecule has 1 N–H and O–H groups in total. The van der Waals surface area contributed by atoms with Crippen LogP contribution in [0.1, 0.15) is 24.8 Å². The lowest BCUT2D eigenvalue weighted by molar-refractivity contribution is -0.385. The molecule has 0 aliphatic carbocycles. The molecule has 0 spiro atoms. The third-order valence-electron chi connectivity index (χ3n) is 2.97. The summed E-state index contributed by atoms with van der Waals surface area (Å²) in [5.74, 6) is 1.51. The van der Waals surface area contributed by atoms with Crippen molar-refractivity contribution in [2.45, 2.75) is 25.8 Å². The Morgan fingerprint density at radius 1 is 1.35 bits per heavy atom. The summed E-state index contributed by atoms with van der Waals surface area (Å²) in [7, 11) is 1.44. The molecule has 0 atom stereocenters. The number of nitro groups is 1. The maximum Gasteiger partial charge on any atom is 0.311 e. The molecule has 0 aromatic heterocycles. The van der Waals surface area contributed by atoms with Gasteiger partial charge in [0.05, 0.1) is 12.0 Å². The van der Waals surface area contributed by atoms with E-state index in [4.69, 9.17) is 4.74 Å². The van der Waals surface area contributed by atoms with Gasteiger partial charge in [-0.25, -0.2) is 0 Å². The van der Waals surface area contributed by atoms with Crippen molar-refractivity contribution < 1.29 is 9.66 Å². The highest BCUT2D eigenvalue weighted by Crippen LogP contribution is 2.27. The van der Waals surface area contributed by atoms with Crippen molar-refractivity contribution in [3.63, 3.8) is 0 Å². The van der Waals surface area contributed by atoms with E-state index in [0.717, 1.165) is 18.5 Å². The van der Waals surface area contributed by atoms with Crippen LogP contribution in [0, 0.1) is 10.1 Å². The normalized spacial score (nSPS) is 10.5. The van der Waals surface area contributed by atoms with Crippen LogP contribution in [0.25, 0.3) is 0 Å². The predicted molar refractivity (Wildman–Crippen MR) is 83.6 cm³/mol. The smallest absolute Gasteiger partial charge is 0.311 e. The summed E-state index contributed by atoms with van der Waals surface area (Å²) < 4.78 is 4.98. The zero-order valence-electron chi connectivity index (χ0n) is 12.1. The van der Waals surface area contributed by atoms with Gasteiger partial charge in [-0.05, 0) is 43.0 Å². The van der Waals surface area contributed by atoms with E-state index in [0.29, 0.717) is 12.3 Å². The topological polar surface area (TPSA) is 64.4 Å². The van der Waals surface area contributed by atoms with Gasteiger partial charge >= 0.3 is 5.69 Å². The largest absolute Gasteiger partial charge is 0.490 e. The van der Waals surface area contributed by atoms with Crippen molar-refractivity contribution in [1.29, 1.82) is 0 Å². The molecule has 6 heteroatoms. The minimum absolute atomic E-state index is 0.0202. The van der Waals surface area contributed by atoms with E-state index in [1.807, 2.05) is 17.8 Å². The van der Waals surface area contributed by atoms with Gasteiger partial charge in [-0.15, -0.1) is 0 Å². The Balaban J connectivity index is 2.37. The number of nitrogens with one attached hydrogen (secondary N) is 1. The van der Waals surface area contributed by atoms with Crippen LogP contribution in [-0.2, 0) is 6.54 Å². The van der Waals surface area contributed by atoms with Crippen LogP contribution >= 0.6 is 11.8 Å². The molecule has 5 nitrogen and oxygen atoms in total. The summed E-state index contributed by atoms with van der Waals surface area (Å²) in [4.78, 5) is 10.5. The quantitative estimate of drug-likeness (QED) is 0.408. The summed E-state index contributed by atoms with van der Waals surface area (Å²) in [6, 6.07) is 5.07. The minimum Gasteiger partial charge on any atom is -0.490 e. The van der Waals surface area contributed by atoms with Crippen LogP contribution in [-0.4, -0.2) is 30.6 Å². The summed E-state index contributed by atoms with van der Waals surface area (Å²) >= 11 is 1.87. The third-order valence-corrected chi connectivity index (χ3v) is 3.67. The number of ether oxygens (including phenoxy) is 1. The Morgan fingerprint density at radius 2 is 2.15 bits per heavy atom. The molecule has 0 aliphatic rings. The maximum absolute atomic E-state index is 10.9. The number of nitro benzene ring substituents is 1. The van der Waals surface area contributed by atoms with Gasteiger partial charge in [0, 0.05) is 12.6 Å². The van der Waals surface area contributed by atoms with Gasteiger partial charge in [-0.2, -0.15) is 11.8 Å². The first-order valence-electron chi connectivity index (χ1n) is 6.70. The summed E-state index contributed by atoms with van der Waals surface area (Å²) in [5, 5.41) is 14.2. The highest BCUT2D eigenvalue weighted by Gasteiger charge is 2.14. The molecule has 0 amide bonds. The monoisotopic (exact) mass is 298 g/mol. The first-order valence-corrected chi connectivity index (χ1v) is 8.09. The van der Waals surface area contributed by atoms with Crippen LogP contribution in [0.4, 0.5) is 5.69 Å². The van der Waals surface area contributed by atoms with E-state index in [2.05, 4.69) is 11.6 Å². The number of hydrogen-bond acceptors (Lipinski definition) is 5. The molecule has 1 aromatic rings. The lowest BCUT2D eigenvalue weighted by Crippen LogP contribution is -2.14. The Bertz CT molecular complexity index is 427. The fourth-order valence-corrected chi connectivity index (χ4v) is 2.39. The molecule has 1 rings (SSSR count). The number of nitrogens with zero attached hydrogens (tertiary/aromatic N) is 1. The Morgan fingerprint density at radius 3 is 2.80 bits per heavy atom. The lowest BCUT2D eigenvalue weighted by Gasteiger charge is -2.07. The van der Waals surface area contributed by atoms with Crippen molar-refractivity contribution >= 4 is 17.4 Å². The molecule has 0 bridgehead atoms. The molecule has 0 aliphatic heterocycles. The third kappa shape index (κ3) is 5.79. The van der Waals surface area contributed by atoms with Gasteiger partial charge < -0.3 is 10.1 Å². The van der Waals surface area contributed by atoms with Gasteiger partial charge in [0.25, 0.3) is 0 Å². The SMILES string of the molecule is COc1ccc(CNCCCCCSC)cc1[N+](=O)[O-]. The standard InChI is InChI=1S/C14H22N2O3S/c1-19-14-7-6-12(10-13(14)16(17)18)11-15-8-4-3-5-9-20-2/h6-7,10,15H,3-5,8-9,11H2,1-2H3. The van der Waals surface area contributed by atoms with E-state index in [-0.39, 0.29) is 5.69 Å². The number of thioether (sulfide) groups is 1. The fourth-order valence-electron chi connectivity index (χ4n) is 1.89. The molecular formula is C14H22N2O3S. The van der Waals surface area contributed by atoms with Crippen molar-refractivity contribution in [2.75, 3.05) is 25.7 Å². The average molecular weight is 298 g/mol. The van der Waals surface area contributed by atoms with E-state index >= 15 is 0 Å². The maximum atomic E-state index is 10.9. The second-order valence-electron chi connectivity index (χ2n) is 4.49. The molecule has 20 heavy (non-hydrogen) atoms. The molecule has 112 valence electrons. The van der Waals surface area contributed by atoms with Crippen molar-refractivity contribution in [3.8, 4) is 5.75 Å². The zero-order chi connectivity index (χ0) is 14.8. The highest BCUT2D eigenvalue weighted by molar-refractivity contribution is 7.98. The summed E-state index contributed by atoms with van der Waals surface area (Å²) in [6.07, 6.45) is 5.72. The predicted octanol–water partition coefficient (Wildman–Crippen LogP) is 3.23. The number of rotatable bonds is 10. The first kappa shape index (κ1) is 16.8. The molecule has 0 unspecified atom stereocenters. The van der Waals surface area contributed by atoms with Gasteiger partial charge in [-0.3, -0.25) is 10.1 Å². The average Bonchev–Trinajstić information content (AvgIpc) is 2.46. The lowest BCUT2D eigenvalue weighted by atomic mass is 10.2. The van der Waals surface area contributed by atoms with Crippen LogP contribution < -0.4 is 10.1 Å². The molecule has 0 radical (unpaired) electrons. The zero-order valence-corrected chi connectivity index (χ0v) is 12.9. The number of benzene rings is 1. The molecule has 0 saturated heterocycles. The van der Waals surface area contributed by atoms with E-state index in [9.17, 15) is 10.1 Å². The number of methoxy groups -OCH3 is 1. The number of unbranched alkanes of at least 4 members (excludes halogenated alkanes) is 2. The van der Waals surface area contributed by atoms with Crippen LogP contribution in [0.15, 0.2) is 18.2 Å². The van der Waals surface area contributed by atoms with Crippen molar-refractivity contribution in [3.05, 3.63) is 33.9 Å². The van der Waals surface area contributed by atoms with Crippen LogP contribution in [0.5, 0.6) is 5.75 Å². The Kier molecular flexibility index (Phi) is 8.06. The summed E-state index contributed by atoms with van der Waals surface area (Å²) in [5.41, 5.74) is 0.924. The summed E-state index contributed by atoms with van der Waals surface area (Å²) in [6.45, 7) is 1.58. The van der Waals surface area contributed by atoms with Gasteiger partial charge in [0.15, 0.2) is 5.75 Å². The second kappa shape index (κ2) is 9.61. The van der Waals surface area contributed by atoms with Gasteiger partial charge in [0.1, 0.15) is 0 Å². The Hall–Kier alpha value is -1.27. The van der Waals surface area contributed by atoms with E-state index in [1.165, 1.54) is 25.7 Å². The molecule has 0 saturated carbocycles. The fraction of sp³-hybridized carbons (Fsp3) is 0.571. The van der Waals surface area contributed by atoms with Gasteiger partial charge in [-0.1, -0.05) is 12.5 Å². The van der Waals surface area contributed by atoms with Crippen molar-refractivity contribution in [1.82, 2.24) is 5.32 Å². The number of hydrogen-bond donors (Lipinski definition) is 1. The molecule has 0 heterocycles. The van der Waals surface area contributed by atoms with Crippen LogP contribution in [0.3, 0.4) is 0 Å². The minimum atomic E-state index is -0.412.